The largest absolute Gasteiger partial charge is 0.492 e. The van der Waals surface area contributed by atoms with Crippen LogP contribution >= 0.6 is 0 Å². The number of nitrogens with zero attached hydrogens (tertiary/aromatic N) is 4. The molecule has 5 aromatic carbocycles. The van der Waals surface area contributed by atoms with Gasteiger partial charge < -0.3 is 38.8 Å². The van der Waals surface area contributed by atoms with Gasteiger partial charge in [-0.15, -0.1) is 0 Å². The van der Waals surface area contributed by atoms with E-state index in [1.807, 2.05) is 66.7 Å². The Balaban J connectivity index is 0.000000167. The first-order chi connectivity index (χ1) is 31.5. The smallest absolute Gasteiger partial charge is 0.337 e. The van der Waals surface area contributed by atoms with Gasteiger partial charge in [-0.2, -0.15) is 0 Å². The molecule has 0 unspecified atom stereocenters. The van der Waals surface area contributed by atoms with E-state index in [1.54, 1.807) is 87.7 Å². The Morgan fingerprint density at radius 2 is 1.00 bits per heavy atom. The number of anilines is 2. The van der Waals surface area contributed by atoms with Crippen LogP contribution in [0.2, 0.25) is 0 Å². The predicted octanol–water partition coefficient (Wildman–Crippen LogP) is 6.14. The number of urea groups is 2. The molecule has 3 N–H and O–H groups in total. The molecule has 5 amide bonds. The number of fused-ring (bicyclic) bond motifs is 3. The summed E-state index contributed by atoms with van der Waals surface area (Å²) in [4.78, 5) is 66.7. The highest BCUT2D eigenvalue weighted by molar-refractivity contribution is 5.95. The Hall–Kier alpha value is -7.63. The van der Waals surface area contributed by atoms with E-state index in [0.717, 1.165) is 46.9 Å². The van der Waals surface area contributed by atoms with Gasteiger partial charge in [0.2, 0.25) is 0 Å². The molecule has 8 rings (SSSR count). The maximum atomic E-state index is 12.8. The van der Waals surface area contributed by atoms with Crippen LogP contribution in [-0.2, 0) is 29.1 Å². The second-order valence-corrected chi connectivity index (χ2v) is 14.8. The average molecular weight is 889 g/mol. The van der Waals surface area contributed by atoms with Crippen molar-refractivity contribution in [2.75, 3.05) is 77.6 Å². The van der Waals surface area contributed by atoms with Crippen molar-refractivity contribution in [1.82, 2.24) is 20.6 Å². The van der Waals surface area contributed by atoms with Gasteiger partial charge >= 0.3 is 24.0 Å². The molecule has 0 atom stereocenters. The first-order valence-corrected chi connectivity index (χ1v) is 20.8. The van der Waals surface area contributed by atoms with Crippen LogP contribution in [-0.4, -0.2) is 113 Å². The van der Waals surface area contributed by atoms with Gasteiger partial charge in [-0.3, -0.25) is 19.8 Å². The molecule has 0 saturated carbocycles. The summed E-state index contributed by atoms with van der Waals surface area (Å²) in [6.07, 6.45) is 0. The second kappa shape index (κ2) is 22.6. The third-order valence-electron chi connectivity index (χ3n) is 10.6. The maximum absolute atomic E-state index is 12.8. The zero-order chi connectivity index (χ0) is 46.3. The van der Waals surface area contributed by atoms with E-state index in [0.29, 0.717) is 74.2 Å². The highest BCUT2D eigenvalue weighted by Gasteiger charge is 2.26. The summed E-state index contributed by atoms with van der Waals surface area (Å²) in [5, 5.41) is 12.0. The van der Waals surface area contributed by atoms with E-state index >= 15 is 0 Å². The van der Waals surface area contributed by atoms with Crippen LogP contribution in [0.3, 0.4) is 0 Å². The number of nitrogens with one attached hydrogen (secondary N) is 2. The van der Waals surface area contributed by atoms with Crippen molar-refractivity contribution in [2.45, 2.75) is 19.6 Å². The lowest BCUT2D eigenvalue weighted by Gasteiger charge is -2.26. The van der Waals surface area contributed by atoms with Crippen LogP contribution in [0.15, 0.2) is 115 Å². The minimum atomic E-state index is -0.604. The minimum absolute atomic E-state index is 0.0975. The summed E-state index contributed by atoms with van der Waals surface area (Å²) in [6.45, 7) is 4.62. The summed E-state index contributed by atoms with van der Waals surface area (Å²) in [7, 11) is 6.20. The van der Waals surface area contributed by atoms with Gasteiger partial charge in [0.25, 0.3) is 5.91 Å². The van der Waals surface area contributed by atoms with Crippen molar-refractivity contribution in [3.05, 3.63) is 149 Å². The van der Waals surface area contributed by atoms with Crippen molar-refractivity contribution < 1.29 is 52.9 Å². The fourth-order valence-corrected chi connectivity index (χ4v) is 7.00. The number of para-hydroxylation sites is 2. The summed E-state index contributed by atoms with van der Waals surface area (Å²) < 4.78 is 26.3. The molecule has 65 heavy (non-hydrogen) atoms. The predicted molar refractivity (Wildman–Crippen MR) is 241 cm³/mol. The SMILES string of the molecule is CN(C(=O)N1CCOc2cc(C(=O)NO)ccc2C1)c1ccccc1.COC(=O)c1ccc2c(c1)OCCN(C(=O)N(C)c1ccccc1)C2.COC(=O)c1ccc2c(c1)OCCNC2. The van der Waals surface area contributed by atoms with Gasteiger partial charge in [0.1, 0.15) is 37.1 Å². The fraction of sp³-hybridized carbons (Fsp3) is 0.271. The molecule has 3 aliphatic heterocycles. The van der Waals surface area contributed by atoms with Gasteiger partial charge in [-0.05, 0) is 60.7 Å². The summed E-state index contributed by atoms with van der Waals surface area (Å²) in [5.74, 6) is 0.570. The van der Waals surface area contributed by atoms with Gasteiger partial charge in [0, 0.05) is 60.8 Å². The molecule has 0 fully saturated rings. The topological polar surface area (TPSA) is 189 Å². The Bertz CT molecular complexity index is 2320. The molecule has 3 heterocycles. The molecule has 5 aromatic rings. The number of esters is 2. The monoisotopic (exact) mass is 888 g/mol. The maximum Gasteiger partial charge on any atom is 0.337 e. The minimum Gasteiger partial charge on any atom is -0.492 e. The third-order valence-corrected chi connectivity index (χ3v) is 10.6. The van der Waals surface area contributed by atoms with Crippen molar-refractivity contribution >= 4 is 41.3 Å². The number of hydrogen-bond acceptors (Lipinski definition) is 12. The molecular weight excluding hydrogens is 837 g/mol. The zero-order valence-corrected chi connectivity index (χ0v) is 36.7. The second-order valence-electron chi connectivity index (χ2n) is 14.8. The lowest BCUT2D eigenvalue weighted by Crippen LogP contribution is -2.41. The Morgan fingerprint density at radius 3 is 1.46 bits per heavy atom. The molecule has 17 nitrogen and oxygen atoms in total. The number of hydrogen-bond donors (Lipinski definition) is 3. The molecule has 3 aliphatic rings. The van der Waals surface area contributed by atoms with Crippen LogP contribution in [0.1, 0.15) is 47.8 Å². The lowest BCUT2D eigenvalue weighted by atomic mass is 10.1. The average Bonchev–Trinajstić information content (AvgIpc) is 3.83. The number of carbonyl (C=O) groups is 5. The van der Waals surface area contributed by atoms with E-state index in [9.17, 15) is 24.0 Å². The molecular formula is C48H52N6O11. The number of ether oxygens (including phenoxy) is 5. The number of benzene rings is 5. The van der Waals surface area contributed by atoms with Crippen LogP contribution in [0.25, 0.3) is 0 Å². The Kier molecular flexibility index (Phi) is 16.3. The summed E-state index contributed by atoms with van der Waals surface area (Å²) in [6, 6.07) is 34.1. The molecule has 0 saturated heterocycles. The van der Waals surface area contributed by atoms with Gasteiger partial charge in [0.05, 0.1) is 51.5 Å². The highest BCUT2D eigenvalue weighted by atomic mass is 16.5. The van der Waals surface area contributed by atoms with Gasteiger partial charge in [0.15, 0.2) is 0 Å². The summed E-state index contributed by atoms with van der Waals surface area (Å²) in [5.41, 5.74) is 7.23. The van der Waals surface area contributed by atoms with E-state index < -0.39 is 11.9 Å². The first-order valence-electron chi connectivity index (χ1n) is 20.8. The summed E-state index contributed by atoms with van der Waals surface area (Å²) >= 11 is 0. The number of amides is 5. The van der Waals surface area contributed by atoms with E-state index in [-0.39, 0.29) is 18.0 Å². The van der Waals surface area contributed by atoms with Crippen LogP contribution < -0.4 is 34.8 Å². The van der Waals surface area contributed by atoms with E-state index in [1.165, 1.54) is 14.2 Å². The van der Waals surface area contributed by atoms with Gasteiger partial charge in [-0.1, -0.05) is 54.6 Å². The molecule has 17 heteroatoms. The number of hydroxylamine groups is 1. The van der Waals surface area contributed by atoms with Crippen LogP contribution in [0, 0.1) is 0 Å². The van der Waals surface area contributed by atoms with Crippen molar-refractivity contribution in [1.29, 1.82) is 0 Å². The van der Waals surface area contributed by atoms with Crippen molar-refractivity contribution in [3.8, 4) is 17.2 Å². The van der Waals surface area contributed by atoms with E-state index in [2.05, 4.69) is 10.1 Å². The molecule has 0 spiro atoms. The molecule has 340 valence electrons. The highest BCUT2D eigenvalue weighted by Crippen LogP contribution is 2.28. The van der Waals surface area contributed by atoms with Crippen molar-refractivity contribution in [2.24, 2.45) is 0 Å². The molecule has 0 aliphatic carbocycles. The number of methoxy groups -OCH3 is 2. The lowest BCUT2D eigenvalue weighted by molar-refractivity contribution is 0.0591. The van der Waals surface area contributed by atoms with Crippen molar-refractivity contribution in [3.63, 3.8) is 0 Å². The van der Waals surface area contributed by atoms with E-state index in [4.69, 9.17) is 24.2 Å². The number of rotatable bonds is 5. The Morgan fingerprint density at radius 1 is 0.585 bits per heavy atom. The third kappa shape index (κ3) is 12.1. The van der Waals surface area contributed by atoms with Crippen LogP contribution in [0.4, 0.5) is 21.0 Å². The normalized spacial score (nSPS) is 13.6. The fourth-order valence-electron chi connectivity index (χ4n) is 7.00. The zero-order valence-electron chi connectivity index (χ0n) is 36.7. The quantitative estimate of drug-likeness (QED) is 0.104. The molecule has 0 bridgehead atoms. The Labute approximate surface area is 376 Å². The van der Waals surface area contributed by atoms with Gasteiger partial charge in [-0.25, -0.2) is 24.7 Å². The standard InChI is InChI=1S/C19H20N2O4.C18H19N3O4.C11H13NO3/c1-20(16-6-4-3-5-7-16)19(23)21-10-11-25-17-12-14(18(22)24-2)8-9-15(17)13-21;1-20(15-5-3-2-4-6-15)18(23)21-9-10-25-16-11-13(17(22)19-24)7-8-14(16)12-21;1-14-11(13)8-2-3-9-7-12-4-5-15-10(9)6-8/h3-9,12H,10-11,13H2,1-2H3;2-8,11,24H,9-10,12H2,1H3,(H,19,22);2-3,6,12H,4-5,7H2,1H3. The number of carbonyl (C=O) groups excluding carboxylic acids is 5. The first kappa shape index (κ1) is 46.9. The molecule has 0 radical (unpaired) electrons. The molecule has 0 aromatic heterocycles. The van der Waals surface area contributed by atoms with Crippen LogP contribution in [0.5, 0.6) is 17.2 Å².